The summed E-state index contributed by atoms with van der Waals surface area (Å²) in [6, 6.07) is 12.8. The molecule has 2 aliphatic heterocycles. The third kappa shape index (κ3) is 4.95. The molecule has 6 rings (SSSR count). The minimum Gasteiger partial charge on any atom is -0.379 e. The topological polar surface area (TPSA) is 113 Å². The molecular weight excluding hydrogens is 458 g/mol. The van der Waals surface area contributed by atoms with E-state index in [1.165, 1.54) is 5.56 Å². The number of aromatic nitrogens is 3. The molecule has 2 saturated heterocycles. The molecule has 0 radical (unpaired) electrons. The van der Waals surface area contributed by atoms with E-state index < -0.39 is 0 Å². The molecule has 2 aromatic heterocycles. The summed E-state index contributed by atoms with van der Waals surface area (Å²) < 4.78 is 7.31. The summed E-state index contributed by atoms with van der Waals surface area (Å²) in [5, 5.41) is 14.1. The Kier molecular flexibility index (Phi) is 6.12. The van der Waals surface area contributed by atoms with E-state index in [4.69, 9.17) is 9.72 Å². The van der Waals surface area contributed by atoms with Gasteiger partial charge < -0.3 is 15.4 Å². The van der Waals surface area contributed by atoms with Crippen LogP contribution in [0.5, 0.6) is 0 Å². The average Bonchev–Trinajstić information content (AvgIpc) is 3.53. The number of carbonyl (C=O) groups is 2. The molecule has 3 aromatic rings. The smallest absolute Gasteiger partial charge is 0.254 e. The maximum atomic E-state index is 12.1. The maximum absolute atomic E-state index is 12.1. The lowest BCUT2D eigenvalue weighted by atomic mass is 10.1. The molecule has 2 amide bonds. The Morgan fingerprint density at radius 3 is 2.69 bits per heavy atom. The molecule has 4 heterocycles. The number of benzene rings is 1. The Bertz CT molecular complexity index is 1310. The standard InChI is InChI=1S/C26H29N7O3/c34-24-13-18(26(35)31-24)12-19-15-27-33-23(28-20-6-7-20)14-22(30-25(19)33)29-21(17-4-2-1-3-5-17)16-32-8-10-36-11-9-32/h1-5,12,14-15,20-21,28H,6-11,13,16H2,(H,29,30)(H,31,34,35)/b18-12+. The van der Waals surface area contributed by atoms with Crippen molar-refractivity contribution >= 4 is 35.2 Å². The second kappa shape index (κ2) is 9.71. The van der Waals surface area contributed by atoms with Gasteiger partial charge in [0.2, 0.25) is 5.91 Å². The highest BCUT2D eigenvalue weighted by molar-refractivity contribution is 6.15. The molecule has 1 atom stereocenters. The number of amides is 2. The summed E-state index contributed by atoms with van der Waals surface area (Å²) in [6.07, 6.45) is 5.71. The maximum Gasteiger partial charge on any atom is 0.254 e. The van der Waals surface area contributed by atoms with Gasteiger partial charge in [-0.1, -0.05) is 30.3 Å². The van der Waals surface area contributed by atoms with E-state index in [1.807, 2.05) is 12.1 Å². The van der Waals surface area contributed by atoms with E-state index in [1.54, 1.807) is 16.8 Å². The molecule has 1 saturated carbocycles. The van der Waals surface area contributed by atoms with Gasteiger partial charge in [-0.15, -0.1) is 0 Å². The van der Waals surface area contributed by atoms with Crippen molar-refractivity contribution in [2.24, 2.45) is 0 Å². The van der Waals surface area contributed by atoms with Gasteiger partial charge in [0.1, 0.15) is 11.6 Å². The van der Waals surface area contributed by atoms with Crippen LogP contribution in [0, 0.1) is 0 Å². The van der Waals surface area contributed by atoms with Gasteiger partial charge >= 0.3 is 0 Å². The van der Waals surface area contributed by atoms with Crippen LogP contribution in [-0.2, 0) is 14.3 Å². The van der Waals surface area contributed by atoms with E-state index in [9.17, 15) is 9.59 Å². The third-order valence-corrected chi connectivity index (χ3v) is 6.72. The largest absolute Gasteiger partial charge is 0.379 e. The summed E-state index contributed by atoms with van der Waals surface area (Å²) in [6.45, 7) is 4.10. The Hall–Kier alpha value is -3.76. The van der Waals surface area contributed by atoms with E-state index in [0.29, 0.717) is 22.8 Å². The molecule has 1 unspecified atom stereocenters. The lowest BCUT2D eigenvalue weighted by Crippen LogP contribution is -2.40. The van der Waals surface area contributed by atoms with Gasteiger partial charge in [0.25, 0.3) is 5.91 Å². The van der Waals surface area contributed by atoms with E-state index in [2.05, 4.69) is 50.2 Å². The SMILES string of the molecule is O=C1C/C(=C\c2cnn3c(NC4CC4)cc(NC(CN4CCOCC4)c4ccccc4)nc23)C(=O)N1. The first-order chi connectivity index (χ1) is 17.6. The fourth-order valence-corrected chi connectivity index (χ4v) is 4.64. The number of anilines is 2. The van der Waals surface area contributed by atoms with Crippen LogP contribution in [0.2, 0.25) is 0 Å². The Balaban J connectivity index is 1.36. The number of nitrogens with zero attached hydrogens (tertiary/aromatic N) is 4. The second-order valence-electron chi connectivity index (χ2n) is 9.52. The van der Waals surface area contributed by atoms with Crippen LogP contribution in [-0.4, -0.2) is 70.2 Å². The van der Waals surface area contributed by atoms with Crippen molar-refractivity contribution < 1.29 is 14.3 Å². The van der Waals surface area contributed by atoms with Crippen molar-refractivity contribution in [3.63, 3.8) is 0 Å². The lowest BCUT2D eigenvalue weighted by molar-refractivity contribution is -0.124. The van der Waals surface area contributed by atoms with Gasteiger partial charge in [-0.2, -0.15) is 9.61 Å². The van der Waals surface area contributed by atoms with Crippen molar-refractivity contribution in [3.05, 3.63) is 59.3 Å². The fourth-order valence-electron chi connectivity index (χ4n) is 4.64. The molecule has 10 heteroatoms. The van der Waals surface area contributed by atoms with E-state index in [0.717, 1.165) is 57.3 Å². The summed E-state index contributed by atoms with van der Waals surface area (Å²) >= 11 is 0. The first kappa shape index (κ1) is 22.7. The number of ether oxygens (including phenoxy) is 1. The predicted molar refractivity (Wildman–Crippen MR) is 135 cm³/mol. The molecule has 1 aromatic carbocycles. The van der Waals surface area contributed by atoms with Gasteiger partial charge in [0.05, 0.1) is 31.9 Å². The van der Waals surface area contributed by atoms with Crippen LogP contribution in [0.25, 0.3) is 11.7 Å². The first-order valence-electron chi connectivity index (χ1n) is 12.4. The highest BCUT2D eigenvalue weighted by atomic mass is 16.5. The van der Waals surface area contributed by atoms with Crippen LogP contribution < -0.4 is 16.0 Å². The van der Waals surface area contributed by atoms with E-state index in [-0.39, 0.29) is 24.3 Å². The van der Waals surface area contributed by atoms with Crippen LogP contribution in [0.1, 0.15) is 36.4 Å². The number of fused-ring (bicyclic) bond motifs is 1. The number of morpholine rings is 1. The minimum atomic E-state index is -0.361. The van der Waals surface area contributed by atoms with Gasteiger partial charge in [0, 0.05) is 42.9 Å². The predicted octanol–water partition coefficient (Wildman–Crippen LogP) is 2.22. The zero-order valence-electron chi connectivity index (χ0n) is 19.9. The molecule has 3 fully saturated rings. The molecule has 36 heavy (non-hydrogen) atoms. The van der Waals surface area contributed by atoms with Crippen molar-refractivity contribution in [1.29, 1.82) is 0 Å². The Morgan fingerprint density at radius 1 is 1.17 bits per heavy atom. The normalized spacial score (nSPS) is 20.6. The molecule has 0 bridgehead atoms. The first-order valence-corrected chi connectivity index (χ1v) is 12.4. The number of rotatable bonds is 8. The lowest BCUT2D eigenvalue weighted by Gasteiger charge is -2.31. The Labute approximate surface area is 208 Å². The summed E-state index contributed by atoms with van der Waals surface area (Å²) in [4.78, 5) is 31.1. The van der Waals surface area contributed by atoms with Crippen molar-refractivity contribution in [2.45, 2.75) is 31.3 Å². The highest BCUT2D eigenvalue weighted by Crippen LogP contribution is 2.29. The molecule has 3 N–H and O–H groups in total. The molecule has 0 spiro atoms. The number of nitrogens with one attached hydrogen (secondary N) is 3. The van der Waals surface area contributed by atoms with Crippen LogP contribution >= 0.6 is 0 Å². The second-order valence-corrected chi connectivity index (χ2v) is 9.52. The summed E-state index contributed by atoms with van der Waals surface area (Å²) in [7, 11) is 0. The number of hydrogen-bond donors (Lipinski definition) is 3. The van der Waals surface area contributed by atoms with Crippen molar-refractivity contribution in [1.82, 2.24) is 24.8 Å². The van der Waals surface area contributed by atoms with Crippen LogP contribution in [0.15, 0.2) is 48.2 Å². The van der Waals surface area contributed by atoms with E-state index >= 15 is 0 Å². The highest BCUT2D eigenvalue weighted by Gasteiger charge is 2.26. The van der Waals surface area contributed by atoms with Crippen molar-refractivity contribution in [3.8, 4) is 0 Å². The molecule has 10 nitrogen and oxygen atoms in total. The van der Waals surface area contributed by atoms with Crippen LogP contribution in [0.4, 0.5) is 11.6 Å². The quantitative estimate of drug-likeness (QED) is 0.328. The molecule has 1 aliphatic carbocycles. The molecule has 3 aliphatic rings. The van der Waals surface area contributed by atoms with Gasteiger partial charge in [-0.25, -0.2) is 4.98 Å². The monoisotopic (exact) mass is 487 g/mol. The average molecular weight is 488 g/mol. The van der Waals surface area contributed by atoms with Crippen molar-refractivity contribution in [2.75, 3.05) is 43.5 Å². The molecule has 186 valence electrons. The zero-order chi connectivity index (χ0) is 24.5. The van der Waals surface area contributed by atoms with Gasteiger partial charge in [-0.05, 0) is 24.5 Å². The minimum absolute atomic E-state index is 0.0241. The third-order valence-electron chi connectivity index (χ3n) is 6.72. The zero-order valence-corrected chi connectivity index (χ0v) is 19.9. The number of carbonyl (C=O) groups excluding carboxylic acids is 2. The summed E-state index contributed by atoms with van der Waals surface area (Å²) in [5.74, 6) is 0.919. The molecular formula is C26H29N7O3. The van der Waals surface area contributed by atoms with Gasteiger partial charge in [-0.3, -0.25) is 19.8 Å². The Morgan fingerprint density at radius 2 is 1.97 bits per heavy atom. The van der Waals surface area contributed by atoms with Gasteiger partial charge in [0.15, 0.2) is 5.65 Å². The number of imide groups is 1. The summed E-state index contributed by atoms with van der Waals surface area (Å²) in [5.41, 5.74) is 2.92. The number of hydrogen-bond acceptors (Lipinski definition) is 8. The van der Waals surface area contributed by atoms with Crippen LogP contribution in [0.3, 0.4) is 0 Å². The fraction of sp³-hybridized carbons (Fsp3) is 0.385.